The molecule has 28 heavy (non-hydrogen) atoms. The Morgan fingerprint density at radius 2 is 1.71 bits per heavy atom. The smallest absolute Gasteiger partial charge is 0.315 e. The quantitative estimate of drug-likeness (QED) is 0.536. The van der Waals surface area contributed by atoms with Gasteiger partial charge in [-0.1, -0.05) is 36.4 Å². The summed E-state index contributed by atoms with van der Waals surface area (Å²) in [5.74, 6) is -0.333. The Labute approximate surface area is 164 Å². The third-order valence-corrected chi connectivity index (χ3v) is 5.52. The van der Waals surface area contributed by atoms with Crippen molar-refractivity contribution in [3.8, 4) is 0 Å². The molecule has 0 saturated heterocycles. The van der Waals surface area contributed by atoms with Gasteiger partial charge in [0.1, 0.15) is 0 Å². The molecule has 8 nitrogen and oxygen atoms in total. The summed E-state index contributed by atoms with van der Waals surface area (Å²) in [6.07, 6.45) is 0.0563. The molecule has 0 spiro atoms. The lowest BCUT2D eigenvalue weighted by molar-refractivity contribution is -0.116. The van der Waals surface area contributed by atoms with Gasteiger partial charge >= 0.3 is 6.03 Å². The number of sulfonamides is 1. The maximum atomic E-state index is 12.0. The van der Waals surface area contributed by atoms with E-state index in [-0.39, 0.29) is 29.8 Å². The SMILES string of the molecule is CNS(=O)(=O)c1cc(NC(=O)CCNC(=O)NCc2ccccc2)ccc1C. The zero-order chi connectivity index (χ0) is 20.6. The topological polar surface area (TPSA) is 116 Å². The summed E-state index contributed by atoms with van der Waals surface area (Å²) >= 11 is 0. The molecule has 0 unspecified atom stereocenters. The summed E-state index contributed by atoms with van der Waals surface area (Å²) < 4.78 is 26.2. The molecule has 0 aliphatic carbocycles. The van der Waals surface area contributed by atoms with Gasteiger partial charge in [0.2, 0.25) is 15.9 Å². The predicted octanol–water partition coefficient (Wildman–Crippen LogP) is 1.73. The second-order valence-electron chi connectivity index (χ2n) is 6.08. The van der Waals surface area contributed by atoms with Crippen molar-refractivity contribution in [1.82, 2.24) is 15.4 Å². The van der Waals surface area contributed by atoms with Crippen LogP contribution in [0.15, 0.2) is 53.4 Å². The molecule has 0 aromatic heterocycles. The minimum atomic E-state index is -3.61. The number of carbonyl (C=O) groups excluding carboxylic acids is 2. The van der Waals surface area contributed by atoms with E-state index >= 15 is 0 Å². The van der Waals surface area contributed by atoms with Gasteiger partial charge in [-0.3, -0.25) is 4.79 Å². The molecule has 2 aromatic rings. The van der Waals surface area contributed by atoms with Crippen LogP contribution in [-0.4, -0.2) is 33.9 Å². The molecule has 2 aromatic carbocycles. The molecule has 3 amide bonds. The van der Waals surface area contributed by atoms with Gasteiger partial charge in [-0.05, 0) is 37.2 Å². The van der Waals surface area contributed by atoms with E-state index in [1.165, 1.54) is 13.1 Å². The molecule has 0 saturated carbocycles. The Morgan fingerprint density at radius 3 is 2.39 bits per heavy atom. The zero-order valence-electron chi connectivity index (χ0n) is 15.8. The predicted molar refractivity (Wildman–Crippen MR) is 107 cm³/mol. The van der Waals surface area contributed by atoms with Crippen molar-refractivity contribution >= 4 is 27.6 Å². The Morgan fingerprint density at radius 1 is 1.00 bits per heavy atom. The van der Waals surface area contributed by atoms with Crippen molar-refractivity contribution < 1.29 is 18.0 Å². The van der Waals surface area contributed by atoms with Gasteiger partial charge in [0.15, 0.2) is 0 Å². The molecule has 4 N–H and O–H groups in total. The summed E-state index contributed by atoms with van der Waals surface area (Å²) in [6.45, 7) is 2.22. The molecule has 0 aliphatic rings. The van der Waals surface area contributed by atoms with Crippen molar-refractivity contribution in [2.45, 2.75) is 24.8 Å². The highest BCUT2D eigenvalue weighted by molar-refractivity contribution is 7.89. The molecule has 0 fully saturated rings. The average molecular weight is 404 g/mol. The molecular weight excluding hydrogens is 380 g/mol. The lowest BCUT2D eigenvalue weighted by Crippen LogP contribution is -2.36. The Kier molecular flexibility index (Phi) is 7.53. The van der Waals surface area contributed by atoms with Crippen LogP contribution >= 0.6 is 0 Å². The normalized spacial score (nSPS) is 10.9. The number of carbonyl (C=O) groups is 2. The second-order valence-corrected chi connectivity index (χ2v) is 7.94. The van der Waals surface area contributed by atoms with Crippen molar-refractivity contribution in [1.29, 1.82) is 0 Å². The molecule has 0 atom stereocenters. The molecule has 150 valence electrons. The molecule has 9 heteroatoms. The minimum Gasteiger partial charge on any atom is -0.338 e. The molecule has 0 radical (unpaired) electrons. The van der Waals surface area contributed by atoms with Gasteiger partial charge in [0.25, 0.3) is 0 Å². The van der Waals surface area contributed by atoms with E-state index in [0.717, 1.165) is 5.56 Å². The molecule has 0 heterocycles. The summed E-state index contributed by atoms with van der Waals surface area (Å²) in [5.41, 5.74) is 1.92. The highest BCUT2D eigenvalue weighted by Crippen LogP contribution is 2.20. The van der Waals surface area contributed by atoms with Gasteiger partial charge < -0.3 is 16.0 Å². The second kappa shape index (κ2) is 9.86. The maximum absolute atomic E-state index is 12.0. The first-order valence-electron chi connectivity index (χ1n) is 8.71. The van der Waals surface area contributed by atoms with Crippen LogP contribution in [0.2, 0.25) is 0 Å². The Balaban J connectivity index is 1.79. The van der Waals surface area contributed by atoms with E-state index in [2.05, 4.69) is 20.7 Å². The van der Waals surface area contributed by atoms with Crippen LogP contribution in [0, 0.1) is 6.92 Å². The van der Waals surface area contributed by atoms with Crippen molar-refractivity contribution in [3.63, 3.8) is 0 Å². The first-order valence-corrected chi connectivity index (χ1v) is 10.2. The first kappa shape index (κ1) is 21.4. The molecule has 0 bridgehead atoms. The number of rotatable bonds is 8. The first-order chi connectivity index (χ1) is 13.3. The summed E-state index contributed by atoms with van der Waals surface area (Å²) in [5, 5.41) is 7.94. The zero-order valence-corrected chi connectivity index (χ0v) is 16.6. The van der Waals surface area contributed by atoms with Gasteiger partial charge in [-0.15, -0.1) is 0 Å². The monoisotopic (exact) mass is 404 g/mol. The fraction of sp³-hybridized carbons (Fsp3) is 0.263. The number of urea groups is 1. The summed E-state index contributed by atoms with van der Waals surface area (Å²) in [4.78, 5) is 23.9. The Bertz CT molecular complexity index is 930. The highest BCUT2D eigenvalue weighted by Gasteiger charge is 2.15. The van der Waals surface area contributed by atoms with Gasteiger partial charge in [-0.25, -0.2) is 17.9 Å². The number of hydrogen-bond acceptors (Lipinski definition) is 4. The lowest BCUT2D eigenvalue weighted by atomic mass is 10.2. The van der Waals surface area contributed by atoms with Crippen molar-refractivity contribution in [2.75, 3.05) is 18.9 Å². The van der Waals surface area contributed by atoms with Crippen LogP contribution in [0.1, 0.15) is 17.5 Å². The number of amides is 3. The third-order valence-electron chi connectivity index (χ3n) is 3.96. The minimum absolute atomic E-state index is 0.0563. The standard InChI is InChI=1S/C19H24N4O4S/c1-14-8-9-16(12-17(14)28(26,27)20-2)23-18(24)10-11-21-19(25)22-13-15-6-4-3-5-7-15/h3-9,12,20H,10-11,13H2,1-2H3,(H,23,24)(H2,21,22,25). The largest absolute Gasteiger partial charge is 0.338 e. The number of hydrogen-bond donors (Lipinski definition) is 4. The van der Waals surface area contributed by atoms with E-state index in [1.54, 1.807) is 19.1 Å². The number of benzene rings is 2. The van der Waals surface area contributed by atoms with Crippen molar-refractivity contribution in [2.24, 2.45) is 0 Å². The molecule has 0 aliphatic heterocycles. The van der Waals surface area contributed by atoms with E-state index in [1.807, 2.05) is 30.3 Å². The van der Waals surface area contributed by atoms with Crippen LogP contribution in [0.3, 0.4) is 0 Å². The third kappa shape index (κ3) is 6.36. The number of anilines is 1. The molecular formula is C19H24N4O4S. The Hall–Kier alpha value is -2.91. The van der Waals surface area contributed by atoms with Crippen LogP contribution in [-0.2, 0) is 21.4 Å². The van der Waals surface area contributed by atoms with E-state index < -0.39 is 10.0 Å². The molecule has 2 rings (SSSR count). The van der Waals surface area contributed by atoms with Crippen LogP contribution in [0.25, 0.3) is 0 Å². The lowest BCUT2D eigenvalue weighted by Gasteiger charge is -2.11. The highest BCUT2D eigenvalue weighted by atomic mass is 32.2. The number of aryl methyl sites for hydroxylation is 1. The maximum Gasteiger partial charge on any atom is 0.315 e. The van der Waals surface area contributed by atoms with Crippen LogP contribution < -0.4 is 20.7 Å². The fourth-order valence-electron chi connectivity index (χ4n) is 2.43. The van der Waals surface area contributed by atoms with Crippen LogP contribution in [0.4, 0.5) is 10.5 Å². The van der Waals surface area contributed by atoms with Gasteiger partial charge in [0, 0.05) is 25.2 Å². The van der Waals surface area contributed by atoms with E-state index in [4.69, 9.17) is 0 Å². The summed E-state index contributed by atoms with van der Waals surface area (Å²) in [7, 11) is -2.28. The van der Waals surface area contributed by atoms with Gasteiger partial charge in [-0.2, -0.15) is 0 Å². The summed E-state index contributed by atoms with van der Waals surface area (Å²) in [6, 6.07) is 13.8. The average Bonchev–Trinajstić information content (AvgIpc) is 2.68. The fourth-order valence-corrected chi connectivity index (χ4v) is 3.43. The van der Waals surface area contributed by atoms with E-state index in [9.17, 15) is 18.0 Å². The van der Waals surface area contributed by atoms with E-state index in [0.29, 0.717) is 17.8 Å². The van der Waals surface area contributed by atoms with Crippen molar-refractivity contribution in [3.05, 3.63) is 59.7 Å². The van der Waals surface area contributed by atoms with Gasteiger partial charge in [0.05, 0.1) is 4.90 Å². The number of nitrogens with one attached hydrogen (secondary N) is 4. The van der Waals surface area contributed by atoms with Crippen LogP contribution in [0.5, 0.6) is 0 Å².